The average molecular weight is 469 g/mol. The van der Waals surface area contributed by atoms with Crippen LogP contribution in [0.5, 0.6) is 11.5 Å². The molecule has 0 radical (unpaired) electrons. The first kappa shape index (κ1) is 20.5. The van der Waals surface area contributed by atoms with Crippen molar-refractivity contribution in [2.75, 3.05) is 7.11 Å². The highest BCUT2D eigenvalue weighted by molar-refractivity contribution is 9.07. The second kappa shape index (κ2) is 7.40. The Morgan fingerprint density at radius 3 is 2.46 bits per heavy atom. The van der Waals surface area contributed by atoms with E-state index in [0.29, 0.717) is 0 Å². The zero-order valence-corrected chi connectivity index (χ0v) is 14.8. The summed E-state index contributed by atoms with van der Waals surface area (Å²) >= 11 is 8.00. The van der Waals surface area contributed by atoms with Crippen LogP contribution >= 0.6 is 27.7 Å². The topological polar surface area (TPSA) is 68.1 Å². The lowest BCUT2D eigenvalue weighted by atomic mass is 10.3. The Morgan fingerprint density at radius 2 is 2.00 bits per heavy atom. The van der Waals surface area contributed by atoms with Crippen LogP contribution in [-0.4, -0.2) is 40.0 Å². The first-order valence-electron chi connectivity index (χ1n) is 6.47. The normalized spacial score (nSPS) is 18.7. The summed E-state index contributed by atoms with van der Waals surface area (Å²) in [6, 6.07) is 2.93. The standard InChI is InChI=1S/C12H8BrClF5N3O4/c1-25-7-4-5(2-3-6(7)22(23)24)26-10-8(14)9(12(17,18)19)21(13)20(10)11(15)16/h2-4,10-11H,1H3. The average Bonchev–Trinajstić information content (AvgIpc) is 2.77. The van der Waals surface area contributed by atoms with Crippen LogP contribution in [0.25, 0.3) is 0 Å². The minimum Gasteiger partial charge on any atom is -0.490 e. The molecule has 2 rings (SSSR count). The molecule has 0 aliphatic carbocycles. The number of allylic oxidation sites excluding steroid dienone is 1. The fraction of sp³-hybridized carbons (Fsp3) is 0.333. The van der Waals surface area contributed by atoms with Gasteiger partial charge in [-0.3, -0.25) is 10.1 Å². The predicted molar refractivity (Wildman–Crippen MR) is 81.6 cm³/mol. The lowest BCUT2D eigenvalue weighted by Crippen LogP contribution is -2.45. The number of methoxy groups -OCH3 is 1. The van der Waals surface area contributed by atoms with Crippen molar-refractivity contribution in [1.82, 2.24) is 9.04 Å². The van der Waals surface area contributed by atoms with Gasteiger partial charge < -0.3 is 9.47 Å². The Bertz CT molecular complexity index is 748. The second-order valence-corrected chi connectivity index (χ2v) is 5.75. The molecule has 0 saturated heterocycles. The number of nitro groups is 1. The Balaban J connectivity index is 2.43. The van der Waals surface area contributed by atoms with Gasteiger partial charge in [0.1, 0.15) is 10.8 Å². The van der Waals surface area contributed by atoms with Crippen LogP contribution in [0.2, 0.25) is 0 Å². The first-order chi connectivity index (χ1) is 12.0. The Hall–Kier alpha value is -1.86. The number of nitro benzene ring substituents is 1. The molecule has 1 aromatic carbocycles. The number of nitrogens with zero attached hydrogens (tertiary/aromatic N) is 3. The Labute approximate surface area is 156 Å². The van der Waals surface area contributed by atoms with Gasteiger partial charge in [0.15, 0.2) is 5.70 Å². The highest BCUT2D eigenvalue weighted by Gasteiger charge is 2.53. The van der Waals surface area contributed by atoms with Gasteiger partial charge in [-0.15, -0.1) is 5.01 Å². The maximum Gasteiger partial charge on any atom is 0.434 e. The van der Waals surface area contributed by atoms with Crippen molar-refractivity contribution >= 4 is 33.4 Å². The van der Waals surface area contributed by atoms with Crippen molar-refractivity contribution in [1.29, 1.82) is 0 Å². The number of hydrogen-bond donors (Lipinski definition) is 0. The largest absolute Gasteiger partial charge is 0.490 e. The zero-order valence-electron chi connectivity index (χ0n) is 12.5. The Morgan fingerprint density at radius 1 is 1.38 bits per heavy atom. The highest BCUT2D eigenvalue weighted by Crippen LogP contribution is 2.45. The van der Waals surface area contributed by atoms with Gasteiger partial charge in [-0.1, -0.05) is 11.6 Å². The van der Waals surface area contributed by atoms with E-state index in [1.165, 1.54) is 0 Å². The molecule has 1 unspecified atom stereocenters. The van der Waals surface area contributed by atoms with E-state index >= 15 is 0 Å². The maximum absolute atomic E-state index is 13.2. The summed E-state index contributed by atoms with van der Waals surface area (Å²) in [4.78, 5) is 10.1. The number of benzene rings is 1. The van der Waals surface area contributed by atoms with Gasteiger partial charge in [0.05, 0.1) is 28.2 Å². The minimum absolute atomic E-state index is 0.0344. The molecular weight excluding hydrogens is 460 g/mol. The third-order valence-electron chi connectivity index (χ3n) is 3.13. The molecule has 0 aromatic heterocycles. The van der Waals surface area contributed by atoms with Crippen LogP contribution in [0.3, 0.4) is 0 Å². The summed E-state index contributed by atoms with van der Waals surface area (Å²) in [5.41, 5.74) is -2.03. The fourth-order valence-electron chi connectivity index (χ4n) is 2.06. The lowest BCUT2D eigenvalue weighted by molar-refractivity contribution is -0.385. The van der Waals surface area contributed by atoms with E-state index in [-0.39, 0.29) is 20.5 Å². The van der Waals surface area contributed by atoms with Crippen LogP contribution in [-0.2, 0) is 0 Å². The van der Waals surface area contributed by atoms with E-state index in [4.69, 9.17) is 21.1 Å². The van der Waals surface area contributed by atoms with Crippen LogP contribution in [0.15, 0.2) is 28.9 Å². The molecule has 26 heavy (non-hydrogen) atoms. The van der Waals surface area contributed by atoms with Crippen molar-refractivity contribution in [3.8, 4) is 11.5 Å². The molecule has 1 aliphatic rings. The van der Waals surface area contributed by atoms with Crippen molar-refractivity contribution in [3.63, 3.8) is 0 Å². The van der Waals surface area contributed by atoms with Gasteiger partial charge in [0.2, 0.25) is 12.0 Å². The quantitative estimate of drug-likeness (QED) is 0.210. The summed E-state index contributed by atoms with van der Waals surface area (Å²) in [6.45, 7) is -3.41. The van der Waals surface area contributed by atoms with Crippen molar-refractivity contribution in [2.24, 2.45) is 0 Å². The van der Waals surface area contributed by atoms with Crippen molar-refractivity contribution < 1.29 is 36.3 Å². The first-order valence-corrected chi connectivity index (χ1v) is 7.56. The van der Waals surface area contributed by atoms with Gasteiger partial charge >= 0.3 is 18.4 Å². The van der Waals surface area contributed by atoms with Gasteiger partial charge in [0, 0.05) is 12.1 Å². The summed E-state index contributed by atoms with van der Waals surface area (Å²) < 4.78 is 75.4. The lowest BCUT2D eigenvalue weighted by Gasteiger charge is -2.29. The molecule has 1 atom stereocenters. The number of ether oxygens (including phenoxy) is 2. The molecule has 1 aliphatic heterocycles. The van der Waals surface area contributed by atoms with Gasteiger partial charge in [-0.2, -0.15) is 22.0 Å². The van der Waals surface area contributed by atoms with Crippen molar-refractivity contribution in [3.05, 3.63) is 39.0 Å². The molecule has 0 N–H and O–H groups in total. The smallest absolute Gasteiger partial charge is 0.434 e. The molecule has 0 fully saturated rings. The molecule has 144 valence electrons. The Kier molecular flexibility index (Phi) is 5.82. The highest BCUT2D eigenvalue weighted by atomic mass is 79.9. The number of halogens is 7. The molecule has 0 spiro atoms. The van der Waals surface area contributed by atoms with Gasteiger partial charge in [0.25, 0.3) is 0 Å². The van der Waals surface area contributed by atoms with Crippen molar-refractivity contribution in [2.45, 2.75) is 19.0 Å². The second-order valence-electron chi connectivity index (χ2n) is 4.67. The number of rotatable bonds is 5. The molecule has 0 bridgehead atoms. The van der Waals surface area contributed by atoms with Crippen LogP contribution < -0.4 is 9.47 Å². The van der Waals surface area contributed by atoms with E-state index in [0.717, 1.165) is 25.3 Å². The molecule has 0 amide bonds. The summed E-state index contributed by atoms with van der Waals surface area (Å²) in [7, 11) is 1.11. The molecule has 1 heterocycles. The fourth-order valence-corrected chi connectivity index (χ4v) is 3.20. The third-order valence-corrected chi connectivity index (χ3v) is 4.22. The number of hydrogen-bond acceptors (Lipinski definition) is 6. The molecule has 7 nitrogen and oxygen atoms in total. The molecular formula is C12H8BrClF5N3O4. The number of hydrazine groups is 1. The monoisotopic (exact) mass is 467 g/mol. The summed E-state index contributed by atoms with van der Waals surface area (Å²) in [5, 5.41) is 9.69. The number of alkyl halides is 5. The minimum atomic E-state index is -5.04. The summed E-state index contributed by atoms with van der Waals surface area (Å²) in [5.74, 6) is -0.550. The molecule has 14 heteroatoms. The van der Waals surface area contributed by atoms with E-state index in [2.05, 4.69) is 16.1 Å². The molecule has 1 aromatic rings. The van der Waals surface area contributed by atoms with Crippen LogP contribution in [0, 0.1) is 10.1 Å². The zero-order chi connectivity index (χ0) is 19.8. The van der Waals surface area contributed by atoms with E-state index in [1.807, 2.05) is 0 Å². The van der Waals surface area contributed by atoms with Gasteiger partial charge in [-0.25, -0.2) is 4.03 Å². The van der Waals surface area contributed by atoms with E-state index < -0.39 is 40.3 Å². The maximum atomic E-state index is 13.2. The predicted octanol–water partition coefficient (Wildman–Crippen LogP) is 4.39. The van der Waals surface area contributed by atoms with Crippen LogP contribution in [0.1, 0.15) is 0 Å². The van der Waals surface area contributed by atoms with Gasteiger partial charge in [-0.05, 0) is 6.07 Å². The van der Waals surface area contributed by atoms with E-state index in [1.54, 1.807) is 0 Å². The molecule has 0 saturated carbocycles. The van der Waals surface area contributed by atoms with Crippen LogP contribution in [0.4, 0.5) is 27.6 Å². The van der Waals surface area contributed by atoms with E-state index in [9.17, 15) is 32.1 Å². The SMILES string of the molecule is COc1cc(OC2C(Cl)=C(C(F)(F)F)N(Br)N2C(F)F)ccc1[N+](=O)[O-]. The third kappa shape index (κ3) is 3.78. The summed E-state index contributed by atoms with van der Waals surface area (Å²) in [6.07, 6.45) is -7.07.